The van der Waals surface area contributed by atoms with E-state index in [-0.39, 0.29) is 6.03 Å². The van der Waals surface area contributed by atoms with Crippen molar-refractivity contribution in [3.8, 4) is 0 Å². The fourth-order valence-corrected chi connectivity index (χ4v) is 4.10. The third-order valence-electron chi connectivity index (χ3n) is 4.28. The topological polar surface area (TPSA) is 32.3 Å². The van der Waals surface area contributed by atoms with Crippen LogP contribution in [0.25, 0.3) is 0 Å². The van der Waals surface area contributed by atoms with Gasteiger partial charge < -0.3 is 5.32 Å². The van der Waals surface area contributed by atoms with Crippen molar-refractivity contribution in [1.82, 2.24) is 0 Å². The van der Waals surface area contributed by atoms with Crippen LogP contribution in [0.15, 0.2) is 82.6 Å². The number of hydrogen-bond donors (Lipinski definition) is 1. The van der Waals surface area contributed by atoms with Gasteiger partial charge in [-0.05, 0) is 42.3 Å². The summed E-state index contributed by atoms with van der Waals surface area (Å²) in [6.45, 7) is 2.09. The van der Waals surface area contributed by atoms with E-state index in [0.717, 1.165) is 38.8 Å². The molecular formula is C21H18N2OS. The van der Waals surface area contributed by atoms with Crippen molar-refractivity contribution < 1.29 is 4.79 Å². The van der Waals surface area contributed by atoms with E-state index in [0.29, 0.717) is 0 Å². The molecule has 1 N–H and O–H groups in total. The Morgan fingerprint density at radius 1 is 0.880 bits per heavy atom. The van der Waals surface area contributed by atoms with Gasteiger partial charge in [-0.3, -0.25) is 4.90 Å². The molecule has 1 aliphatic heterocycles. The molecule has 0 spiro atoms. The number of para-hydroxylation sites is 3. The number of hydrogen-bond acceptors (Lipinski definition) is 2. The summed E-state index contributed by atoms with van der Waals surface area (Å²) in [6, 6.07) is 23.8. The smallest absolute Gasteiger partial charge is 0.307 e. The van der Waals surface area contributed by atoms with Crippen molar-refractivity contribution in [2.75, 3.05) is 10.2 Å². The monoisotopic (exact) mass is 346 g/mol. The molecule has 1 aliphatic rings. The van der Waals surface area contributed by atoms with Crippen LogP contribution in [-0.4, -0.2) is 6.03 Å². The van der Waals surface area contributed by atoms with Crippen LogP contribution in [0.3, 0.4) is 0 Å². The Kier molecular flexibility index (Phi) is 4.20. The number of carbonyl (C=O) groups excluding carboxylic acids is 1. The number of carbonyl (C=O) groups is 1. The Morgan fingerprint density at radius 3 is 2.08 bits per heavy atom. The van der Waals surface area contributed by atoms with Gasteiger partial charge in [0.1, 0.15) is 0 Å². The Bertz CT molecular complexity index is 893. The zero-order valence-corrected chi connectivity index (χ0v) is 14.7. The summed E-state index contributed by atoms with van der Waals surface area (Å²) in [5.74, 6) is 0. The van der Waals surface area contributed by atoms with Gasteiger partial charge in [0.2, 0.25) is 0 Å². The molecule has 3 aromatic carbocycles. The highest BCUT2D eigenvalue weighted by molar-refractivity contribution is 7.99. The average Bonchev–Trinajstić information content (AvgIpc) is 2.66. The summed E-state index contributed by atoms with van der Waals surface area (Å²) in [5, 5.41) is 3.09. The van der Waals surface area contributed by atoms with E-state index in [9.17, 15) is 4.79 Å². The number of benzene rings is 3. The highest BCUT2D eigenvalue weighted by Crippen LogP contribution is 2.48. The van der Waals surface area contributed by atoms with Gasteiger partial charge in [0.15, 0.2) is 0 Å². The number of rotatable bonds is 2. The zero-order chi connectivity index (χ0) is 17.2. The van der Waals surface area contributed by atoms with E-state index in [2.05, 4.69) is 24.4 Å². The zero-order valence-electron chi connectivity index (χ0n) is 13.9. The van der Waals surface area contributed by atoms with Crippen LogP contribution < -0.4 is 10.2 Å². The van der Waals surface area contributed by atoms with Crippen molar-refractivity contribution >= 4 is 34.9 Å². The lowest BCUT2D eigenvalue weighted by Crippen LogP contribution is -2.33. The predicted molar refractivity (Wildman–Crippen MR) is 104 cm³/mol. The van der Waals surface area contributed by atoms with Gasteiger partial charge in [-0.2, -0.15) is 0 Å². The molecule has 0 aliphatic carbocycles. The van der Waals surface area contributed by atoms with Gasteiger partial charge in [-0.15, -0.1) is 0 Å². The SMILES string of the molecule is CCc1ccccc1NC(=O)N1c2ccccc2Sc2ccccc21. The molecule has 0 unspecified atom stereocenters. The molecule has 3 aromatic rings. The molecule has 124 valence electrons. The molecule has 0 fully saturated rings. The van der Waals surface area contributed by atoms with Gasteiger partial charge >= 0.3 is 6.03 Å². The number of amides is 2. The van der Waals surface area contributed by atoms with Crippen molar-refractivity contribution in [3.05, 3.63) is 78.4 Å². The first-order valence-corrected chi connectivity index (χ1v) is 9.14. The molecule has 25 heavy (non-hydrogen) atoms. The Labute approximate surface area is 151 Å². The van der Waals surface area contributed by atoms with E-state index in [1.165, 1.54) is 0 Å². The van der Waals surface area contributed by atoms with Crippen molar-refractivity contribution in [2.24, 2.45) is 0 Å². The molecule has 0 atom stereocenters. The molecule has 4 rings (SSSR count). The van der Waals surface area contributed by atoms with E-state index in [4.69, 9.17) is 0 Å². The van der Waals surface area contributed by atoms with Crippen molar-refractivity contribution in [1.29, 1.82) is 0 Å². The van der Waals surface area contributed by atoms with Gasteiger partial charge in [-0.1, -0.05) is 61.2 Å². The van der Waals surface area contributed by atoms with Crippen LogP contribution in [0, 0.1) is 0 Å². The molecule has 3 nitrogen and oxygen atoms in total. The number of urea groups is 1. The normalized spacial score (nSPS) is 12.3. The fourth-order valence-electron chi connectivity index (χ4n) is 3.05. The standard InChI is InChI=1S/C21H18N2OS/c1-2-15-9-3-4-10-16(15)22-21(24)23-17-11-5-7-13-19(17)25-20-14-8-6-12-18(20)23/h3-14H,2H2,1H3,(H,22,24). The maximum Gasteiger partial charge on any atom is 0.331 e. The number of nitrogens with zero attached hydrogens (tertiary/aromatic N) is 1. The fraction of sp³-hybridized carbons (Fsp3) is 0.0952. The molecule has 0 aromatic heterocycles. The molecule has 0 saturated carbocycles. The predicted octanol–water partition coefficient (Wildman–Crippen LogP) is 6.08. The number of anilines is 3. The third kappa shape index (κ3) is 2.89. The van der Waals surface area contributed by atoms with Crippen LogP contribution in [0.5, 0.6) is 0 Å². The van der Waals surface area contributed by atoms with Crippen LogP contribution in [0.1, 0.15) is 12.5 Å². The first-order valence-electron chi connectivity index (χ1n) is 8.33. The van der Waals surface area contributed by atoms with E-state index in [1.54, 1.807) is 16.7 Å². The minimum absolute atomic E-state index is 0.138. The first kappa shape index (κ1) is 15.8. The van der Waals surface area contributed by atoms with E-state index < -0.39 is 0 Å². The summed E-state index contributed by atoms with van der Waals surface area (Å²) < 4.78 is 0. The number of nitrogens with one attached hydrogen (secondary N) is 1. The van der Waals surface area contributed by atoms with Gasteiger partial charge in [0, 0.05) is 15.5 Å². The molecule has 0 bridgehead atoms. The Balaban J connectivity index is 1.75. The summed E-state index contributed by atoms with van der Waals surface area (Å²) in [4.78, 5) is 17.1. The van der Waals surface area contributed by atoms with Crippen LogP contribution in [0.4, 0.5) is 21.9 Å². The highest BCUT2D eigenvalue weighted by atomic mass is 32.2. The van der Waals surface area contributed by atoms with Crippen LogP contribution >= 0.6 is 11.8 Å². The highest BCUT2D eigenvalue weighted by Gasteiger charge is 2.28. The van der Waals surface area contributed by atoms with Crippen molar-refractivity contribution in [3.63, 3.8) is 0 Å². The van der Waals surface area contributed by atoms with E-state index in [1.807, 2.05) is 60.7 Å². The number of fused-ring (bicyclic) bond motifs is 2. The molecule has 4 heteroatoms. The summed E-state index contributed by atoms with van der Waals surface area (Å²) >= 11 is 1.70. The maximum absolute atomic E-state index is 13.2. The van der Waals surface area contributed by atoms with Crippen LogP contribution in [0.2, 0.25) is 0 Å². The first-order chi connectivity index (χ1) is 12.3. The lowest BCUT2D eigenvalue weighted by Gasteiger charge is -2.31. The van der Waals surface area contributed by atoms with Gasteiger partial charge in [-0.25, -0.2) is 4.79 Å². The van der Waals surface area contributed by atoms with Gasteiger partial charge in [0.05, 0.1) is 11.4 Å². The second-order valence-electron chi connectivity index (χ2n) is 5.81. The van der Waals surface area contributed by atoms with Crippen molar-refractivity contribution in [2.45, 2.75) is 23.1 Å². The van der Waals surface area contributed by atoms with Gasteiger partial charge in [0.25, 0.3) is 0 Å². The summed E-state index contributed by atoms with van der Waals surface area (Å²) in [6.07, 6.45) is 0.874. The second-order valence-corrected chi connectivity index (χ2v) is 6.90. The average molecular weight is 346 g/mol. The minimum atomic E-state index is -0.138. The largest absolute Gasteiger partial charge is 0.331 e. The number of aryl methyl sites for hydroxylation is 1. The van der Waals surface area contributed by atoms with Crippen LogP contribution in [-0.2, 0) is 6.42 Å². The van der Waals surface area contributed by atoms with E-state index >= 15 is 0 Å². The molecular weight excluding hydrogens is 328 g/mol. The quantitative estimate of drug-likeness (QED) is 0.609. The lowest BCUT2D eigenvalue weighted by molar-refractivity contribution is 0.258. The molecule has 0 radical (unpaired) electrons. The third-order valence-corrected chi connectivity index (χ3v) is 5.41. The Hall–Kier alpha value is -2.72. The minimum Gasteiger partial charge on any atom is -0.307 e. The second kappa shape index (κ2) is 6.65. The maximum atomic E-state index is 13.2. The molecule has 2 amide bonds. The lowest BCUT2D eigenvalue weighted by atomic mass is 10.1. The molecule has 1 heterocycles. The summed E-state index contributed by atoms with van der Waals surface area (Å²) in [5.41, 5.74) is 3.82. The Morgan fingerprint density at radius 2 is 1.44 bits per heavy atom. The summed E-state index contributed by atoms with van der Waals surface area (Å²) in [7, 11) is 0. The molecule has 0 saturated heterocycles.